The Morgan fingerprint density at radius 2 is 1.52 bits per heavy atom. The normalized spacial score (nSPS) is 13.7. The Hall–Kier alpha value is -3.68. The van der Waals surface area contributed by atoms with Gasteiger partial charge in [-0.2, -0.15) is 0 Å². The van der Waals surface area contributed by atoms with E-state index in [1.807, 2.05) is 19.9 Å². The number of carbonyl (C=O) groups is 4. The number of carbonyl (C=O) groups excluding carboxylic acids is 4. The zero-order valence-electron chi connectivity index (χ0n) is 16.3. The largest absolute Gasteiger partial charge is 0.484 e. The van der Waals surface area contributed by atoms with Gasteiger partial charge < -0.3 is 4.74 Å². The monoisotopic (exact) mass is 395 g/mol. The molecule has 0 bridgehead atoms. The van der Waals surface area contributed by atoms with Crippen LogP contribution in [0, 0.1) is 13.8 Å². The number of fused-ring (bicyclic) bond motifs is 1. The Morgan fingerprint density at radius 3 is 2.07 bits per heavy atom. The second-order valence-electron chi connectivity index (χ2n) is 6.85. The minimum absolute atomic E-state index is 0.253. The summed E-state index contributed by atoms with van der Waals surface area (Å²) in [4.78, 5) is 50.0. The topological polar surface area (TPSA) is 105 Å². The van der Waals surface area contributed by atoms with Gasteiger partial charge in [0.2, 0.25) is 0 Å². The first-order chi connectivity index (χ1) is 13.8. The van der Waals surface area contributed by atoms with Gasteiger partial charge >= 0.3 is 0 Å². The van der Waals surface area contributed by atoms with Crippen LogP contribution in [0.1, 0.15) is 38.8 Å². The van der Waals surface area contributed by atoms with Crippen LogP contribution in [0.4, 0.5) is 0 Å². The Kier molecular flexibility index (Phi) is 5.63. The summed E-state index contributed by atoms with van der Waals surface area (Å²) in [5, 5.41) is 0. The van der Waals surface area contributed by atoms with Gasteiger partial charge in [0, 0.05) is 0 Å². The van der Waals surface area contributed by atoms with Gasteiger partial charge in [0.1, 0.15) is 11.8 Å². The highest BCUT2D eigenvalue weighted by molar-refractivity contribution is 6.22. The predicted octanol–water partition coefficient (Wildman–Crippen LogP) is 1.51. The van der Waals surface area contributed by atoms with E-state index in [2.05, 4.69) is 10.9 Å². The summed E-state index contributed by atoms with van der Waals surface area (Å²) in [6.07, 6.45) is 0. The van der Waals surface area contributed by atoms with E-state index in [-0.39, 0.29) is 17.7 Å². The second-order valence-corrected chi connectivity index (χ2v) is 6.85. The van der Waals surface area contributed by atoms with Crippen molar-refractivity contribution >= 4 is 23.6 Å². The first-order valence-corrected chi connectivity index (χ1v) is 9.04. The first-order valence-electron chi connectivity index (χ1n) is 9.04. The molecular weight excluding hydrogens is 374 g/mol. The highest BCUT2D eigenvalue weighted by atomic mass is 16.5. The number of aryl methyl sites for hydroxylation is 2. The molecule has 1 aliphatic heterocycles. The van der Waals surface area contributed by atoms with E-state index in [9.17, 15) is 19.2 Å². The van der Waals surface area contributed by atoms with Gasteiger partial charge in [-0.25, -0.2) is 0 Å². The molecule has 2 aromatic rings. The van der Waals surface area contributed by atoms with E-state index in [4.69, 9.17) is 4.74 Å². The minimum atomic E-state index is -1.09. The fourth-order valence-corrected chi connectivity index (χ4v) is 3.11. The maximum atomic E-state index is 12.4. The SMILES string of the molecule is Cc1cc(C)cc(OCC(=O)NNC(=O)C(C)N2C(=O)c3ccccc3C2=O)c1. The number of imide groups is 1. The molecule has 0 aromatic heterocycles. The highest BCUT2D eigenvalue weighted by Crippen LogP contribution is 2.24. The van der Waals surface area contributed by atoms with E-state index in [1.165, 1.54) is 19.1 Å². The van der Waals surface area contributed by atoms with Gasteiger partial charge in [0.25, 0.3) is 23.6 Å². The lowest BCUT2D eigenvalue weighted by atomic mass is 10.1. The summed E-state index contributed by atoms with van der Waals surface area (Å²) in [5.74, 6) is -1.81. The molecule has 4 amide bonds. The molecule has 29 heavy (non-hydrogen) atoms. The van der Waals surface area contributed by atoms with Gasteiger partial charge in [-0.3, -0.25) is 34.9 Å². The summed E-state index contributed by atoms with van der Waals surface area (Å²) >= 11 is 0. The lowest BCUT2D eigenvalue weighted by Gasteiger charge is -2.21. The molecule has 150 valence electrons. The fraction of sp³-hybridized carbons (Fsp3) is 0.238. The van der Waals surface area contributed by atoms with Crippen LogP contribution < -0.4 is 15.6 Å². The number of benzene rings is 2. The highest BCUT2D eigenvalue weighted by Gasteiger charge is 2.40. The van der Waals surface area contributed by atoms with Crippen LogP contribution in [0.15, 0.2) is 42.5 Å². The van der Waals surface area contributed by atoms with Gasteiger partial charge in [-0.15, -0.1) is 0 Å². The molecule has 1 aliphatic rings. The Bertz CT molecular complexity index is 946. The van der Waals surface area contributed by atoms with Crippen LogP contribution in [-0.2, 0) is 9.59 Å². The summed E-state index contributed by atoms with van der Waals surface area (Å²) in [6, 6.07) is 10.8. The van der Waals surface area contributed by atoms with Crippen LogP contribution in [-0.4, -0.2) is 41.2 Å². The second kappa shape index (κ2) is 8.14. The average molecular weight is 395 g/mol. The van der Waals surface area contributed by atoms with Crippen molar-refractivity contribution in [3.05, 3.63) is 64.7 Å². The lowest BCUT2D eigenvalue weighted by molar-refractivity contribution is -0.131. The molecule has 1 atom stereocenters. The van der Waals surface area contributed by atoms with Crippen molar-refractivity contribution in [2.45, 2.75) is 26.8 Å². The average Bonchev–Trinajstić information content (AvgIpc) is 2.94. The van der Waals surface area contributed by atoms with E-state index >= 15 is 0 Å². The van der Waals surface area contributed by atoms with Crippen molar-refractivity contribution in [2.24, 2.45) is 0 Å². The quantitative estimate of drug-likeness (QED) is 0.590. The van der Waals surface area contributed by atoms with Gasteiger partial charge in [0.05, 0.1) is 11.1 Å². The van der Waals surface area contributed by atoms with Crippen molar-refractivity contribution in [1.29, 1.82) is 0 Å². The molecule has 0 spiro atoms. The van der Waals surface area contributed by atoms with Crippen molar-refractivity contribution in [3.63, 3.8) is 0 Å². The Morgan fingerprint density at radius 1 is 0.966 bits per heavy atom. The summed E-state index contributed by atoms with van der Waals surface area (Å²) in [6.45, 7) is 4.95. The zero-order chi connectivity index (χ0) is 21.1. The molecule has 8 heteroatoms. The van der Waals surface area contributed by atoms with E-state index in [1.54, 1.807) is 24.3 Å². The lowest BCUT2D eigenvalue weighted by Crippen LogP contribution is -2.53. The number of rotatable bonds is 5. The molecule has 1 heterocycles. The number of hydrogen-bond acceptors (Lipinski definition) is 5. The third kappa shape index (κ3) is 4.26. The summed E-state index contributed by atoms with van der Waals surface area (Å²) < 4.78 is 5.42. The minimum Gasteiger partial charge on any atom is -0.484 e. The van der Waals surface area contributed by atoms with E-state index in [0.717, 1.165) is 16.0 Å². The smallest absolute Gasteiger partial charge is 0.276 e. The fourth-order valence-electron chi connectivity index (χ4n) is 3.11. The number of nitrogens with one attached hydrogen (secondary N) is 2. The van der Waals surface area contributed by atoms with Crippen LogP contribution in [0.2, 0.25) is 0 Å². The molecule has 2 N–H and O–H groups in total. The molecule has 8 nitrogen and oxygen atoms in total. The Balaban J connectivity index is 1.53. The van der Waals surface area contributed by atoms with Crippen molar-refractivity contribution < 1.29 is 23.9 Å². The van der Waals surface area contributed by atoms with Gasteiger partial charge in [-0.05, 0) is 56.2 Å². The van der Waals surface area contributed by atoms with Crippen LogP contribution in [0.3, 0.4) is 0 Å². The van der Waals surface area contributed by atoms with Crippen molar-refractivity contribution in [2.75, 3.05) is 6.61 Å². The molecule has 0 fully saturated rings. The first kappa shape index (κ1) is 20.1. The van der Waals surface area contributed by atoms with Crippen molar-refractivity contribution in [3.8, 4) is 5.75 Å². The summed E-state index contributed by atoms with van der Waals surface area (Å²) in [7, 11) is 0. The van der Waals surface area contributed by atoms with Crippen LogP contribution >= 0.6 is 0 Å². The molecule has 0 radical (unpaired) electrons. The molecule has 0 saturated carbocycles. The molecule has 0 aliphatic carbocycles. The zero-order valence-corrected chi connectivity index (χ0v) is 16.3. The van der Waals surface area contributed by atoms with Crippen molar-refractivity contribution in [1.82, 2.24) is 15.8 Å². The molecule has 0 saturated heterocycles. The van der Waals surface area contributed by atoms with E-state index < -0.39 is 29.7 Å². The number of nitrogens with zero attached hydrogens (tertiary/aromatic N) is 1. The molecule has 1 unspecified atom stereocenters. The standard InChI is InChI=1S/C21H21N3O5/c1-12-8-13(2)10-15(9-12)29-11-18(25)22-23-19(26)14(3)24-20(27)16-6-4-5-7-17(16)21(24)28/h4-10,14H,11H2,1-3H3,(H,22,25)(H,23,26). The molecule has 3 rings (SSSR count). The van der Waals surface area contributed by atoms with Gasteiger partial charge in [-0.1, -0.05) is 18.2 Å². The number of hydrazine groups is 1. The number of hydrogen-bond donors (Lipinski definition) is 2. The maximum absolute atomic E-state index is 12.4. The maximum Gasteiger partial charge on any atom is 0.276 e. The molecule has 2 aromatic carbocycles. The van der Waals surface area contributed by atoms with Crippen LogP contribution in [0.5, 0.6) is 5.75 Å². The third-order valence-corrected chi connectivity index (χ3v) is 4.48. The number of amides is 4. The predicted molar refractivity (Wildman–Crippen MR) is 104 cm³/mol. The summed E-state index contributed by atoms with van der Waals surface area (Å²) in [5.41, 5.74) is 6.96. The molecular formula is C21H21N3O5. The number of ether oxygens (including phenoxy) is 1. The Labute approximate surface area is 167 Å². The van der Waals surface area contributed by atoms with Crippen LogP contribution in [0.25, 0.3) is 0 Å². The van der Waals surface area contributed by atoms with E-state index in [0.29, 0.717) is 5.75 Å². The van der Waals surface area contributed by atoms with Gasteiger partial charge in [0.15, 0.2) is 6.61 Å². The third-order valence-electron chi connectivity index (χ3n) is 4.48.